The van der Waals surface area contributed by atoms with Crippen LogP contribution in [0.2, 0.25) is 0 Å². The molecule has 1 N–H and O–H groups in total. The molecule has 0 aliphatic carbocycles. The minimum absolute atomic E-state index is 0.0430. The predicted molar refractivity (Wildman–Crippen MR) is 136 cm³/mol. The van der Waals surface area contributed by atoms with E-state index in [2.05, 4.69) is 27.3 Å². The Labute approximate surface area is 207 Å². The van der Waals surface area contributed by atoms with Crippen molar-refractivity contribution in [3.63, 3.8) is 0 Å². The van der Waals surface area contributed by atoms with Crippen LogP contribution in [0.4, 0.5) is 5.69 Å². The lowest BCUT2D eigenvalue weighted by Gasteiger charge is -2.15. The minimum Gasteiger partial charge on any atom is -0.497 e. The summed E-state index contributed by atoms with van der Waals surface area (Å²) in [4.78, 5) is 12.7. The molecule has 3 aromatic rings. The van der Waals surface area contributed by atoms with Crippen molar-refractivity contribution in [1.29, 1.82) is 5.26 Å². The zero-order valence-electron chi connectivity index (χ0n) is 19.2. The van der Waals surface area contributed by atoms with E-state index in [-0.39, 0.29) is 5.57 Å². The van der Waals surface area contributed by atoms with Gasteiger partial charge in [0.15, 0.2) is 11.5 Å². The molecule has 6 nitrogen and oxygen atoms in total. The van der Waals surface area contributed by atoms with Crippen LogP contribution in [0.15, 0.2) is 70.7 Å². The van der Waals surface area contributed by atoms with Crippen LogP contribution < -0.4 is 19.5 Å². The molecule has 0 aliphatic heterocycles. The van der Waals surface area contributed by atoms with Gasteiger partial charge in [-0.05, 0) is 83.4 Å². The number of carbonyl (C=O) groups is 1. The van der Waals surface area contributed by atoms with Gasteiger partial charge in [-0.3, -0.25) is 4.79 Å². The molecule has 0 unspecified atom stereocenters. The van der Waals surface area contributed by atoms with E-state index >= 15 is 0 Å². The molecule has 0 saturated carbocycles. The molecule has 0 fully saturated rings. The van der Waals surface area contributed by atoms with Gasteiger partial charge in [0.2, 0.25) is 0 Å². The van der Waals surface area contributed by atoms with Crippen LogP contribution in [0, 0.1) is 18.3 Å². The molecule has 3 rings (SSSR count). The van der Waals surface area contributed by atoms with Crippen LogP contribution in [-0.4, -0.2) is 19.6 Å². The highest BCUT2D eigenvalue weighted by Gasteiger charge is 2.15. The fraction of sp³-hybridized carbons (Fsp3) is 0.185. The number of nitriles is 1. The first-order chi connectivity index (χ1) is 16.4. The van der Waals surface area contributed by atoms with Crippen LogP contribution in [0.3, 0.4) is 0 Å². The topological polar surface area (TPSA) is 80.6 Å². The van der Waals surface area contributed by atoms with Gasteiger partial charge in [0, 0.05) is 5.69 Å². The van der Waals surface area contributed by atoms with Crippen LogP contribution >= 0.6 is 15.9 Å². The Morgan fingerprint density at radius 2 is 1.88 bits per heavy atom. The molecule has 0 atom stereocenters. The first-order valence-electron chi connectivity index (χ1n) is 10.7. The lowest BCUT2D eigenvalue weighted by atomic mass is 10.1. The summed E-state index contributed by atoms with van der Waals surface area (Å²) in [6, 6.07) is 20.4. The monoisotopic (exact) mass is 520 g/mol. The molecule has 7 heteroatoms. The SMILES string of the molecule is CCOc1cc(/C=C(\C#N)C(=O)Nc2ccc(OC)cc2)cc(Br)c1OCc1cccc(C)c1. The van der Waals surface area contributed by atoms with Crippen LogP contribution in [0.1, 0.15) is 23.6 Å². The molecule has 174 valence electrons. The first kappa shape index (κ1) is 24.9. The van der Waals surface area contributed by atoms with Crippen molar-refractivity contribution in [2.75, 3.05) is 19.0 Å². The molecular formula is C27H25BrN2O4. The van der Waals surface area contributed by atoms with Gasteiger partial charge in [-0.15, -0.1) is 0 Å². The minimum atomic E-state index is -0.512. The Morgan fingerprint density at radius 3 is 2.53 bits per heavy atom. The van der Waals surface area contributed by atoms with E-state index in [1.165, 1.54) is 6.08 Å². The van der Waals surface area contributed by atoms with Gasteiger partial charge in [-0.2, -0.15) is 5.26 Å². The summed E-state index contributed by atoms with van der Waals surface area (Å²) < 4.78 is 17.6. The number of benzene rings is 3. The zero-order chi connectivity index (χ0) is 24.5. The Morgan fingerprint density at radius 1 is 1.12 bits per heavy atom. The first-order valence-corrected chi connectivity index (χ1v) is 11.4. The predicted octanol–water partition coefficient (Wildman–Crippen LogP) is 6.29. The smallest absolute Gasteiger partial charge is 0.266 e. The Hall–Kier alpha value is -3.76. The van der Waals surface area contributed by atoms with E-state index < -0.39 is 5.91 Å². The molecule has 0 aromatic heterocycles. The third-order valence-electron chi connectivity index (χ3n) is 4.82. The Balaban J connectivity index is 1.82. The molecule has 3 aromatic carbocycles. The molecular weight excluding hydrogens is 496 g/mol. The van der Waals surface area contributed by atoms with Crippen molar-refractivity contribution in [2.45, 2.75) is 20.5 Å². The summed E-state index contributed by atoms with van der Waals surface area (Å²) in [5, 5.41) is 12.3. The number of rotatable bonds is 9. The van der Waals surface area contributed by atoms with Gasteiger partial charge in [-0.1, -0.05) is 29.8 Å². The summed E-state index contributed by atoms with van der Waals surface area (Å²) in [7, 11) is 1.57. The standard InChI is InChI=1S/C27H25BrN2O4/c1-4-33-25-15-20(14-24(28)26(25)34-17-19-7-5-6-18(2)12-19)13-21(16-29)27(31)30-22-8-10-23(32-3)11-9-22/h5-15H,4,17H2,1-3H3,(H,30,31)/b21-13+. The van der Waals surface area contributed by atoms with Crippen molar-refractivity contribution in [3.05, 3.63) is 87.4 Å². The number of aryl methyl sites for hydroxylation is 1. The second kappa shape index (κ2) is 11.9. The third kappa shape index (κ3) is 6.63. The largest absolute Gasteiger partial charge is 0.497 e. The van der Waals surface area contributed by atoms with E-state index in [1.54, 1.807) is 43.5 Å². The number of nitrogens with one attached hydrogen (secondary N) is 1. The van der Waals surface area contributed by atoms with Gasteiger partial charge >= 0.3 is 0 Å². The number of nitrogens with zero attached hydrogens (tertiary/aromatic N) is 1. The maximum Gasteiger partial charge on any atom is 0.266 e. The highest BCUT2D eigenvalue weighted by molar-refractivity contribution is 9.10. The van der Waals surface area contributed by atoms with Crippen LogP contribution in [-0.2, 0) is 11.4 Å². The molecule has 0 aliphatic rings. The van der Waals surface area contributed by atoms with Gasteiger partial charge < -0.3 is 19.5 Å². The lowest BCUT2D eigenvalue weighted by Crippen LogP contribution is -2.13. The third-order valence-corrected chi connectivity index (χ3v) is 5.41. The molecule has 0 bridgehead atoms. The van der Waals surface area contributed by atoms with E-state index in [0.29, 0.717) is 46.2 Å². The number of carbonyl (C=O) groups excluding carboxylic acids is 1. The number of halogens is 1. The Kier molecular flexibility index (Phi) is 8.72. The molecule has 0 radical (unpaired) electrons. The molecule has 0 spiro atoms. The van der Waals surface area contributed by atoms with E-state index in [9.17, 15) is 10.1 Å². The summed E-state index contributed by atoms with van der Waals surface area (Å²) >= 11 is 3.54. The van der Waals surface area contributed by atoms with E-state index in [1.807, 2.05) is 38.1 Å². The Bertz CT molecular complexity index is 1230. The van der Waals surface area contributed by atoms with Crippen molar-refractivity contribution in [3.8, 4) is 23.3 Å². The lowest BCUT2D eigenvalue weighted by molar-refractivity contribution is -0.112. The average molecular weight is 521 g/mol. The fourth-order valence-corrected chi connectivity index (χ4v) is 3.79. The van der Waals surface area contributed by atoms with Gasteiger partial charge in [0.25, 0.3) is 5.91 Å². The number of hydrogen-bond donors (Lipinski definition) is 1. The highest BCUT2D eigenvalue weighted by Crippen LogP contribution is 2.38. The van der Waals surface area contributed by atoms with Crippen molar-refractivity contribution >= 4 is 33.6 Å². The van der Waals surface area contributed by atoms with Crippen molar-refractivity contribution < 1.29 is 19.0 Å². The zero-order valence-corrected chi connectivity index (χ0v) is 20.8. The van der Waals surface area contributed by atoms with Gasteiger partial charge in [0.1, 0.15) is 24.0 Å². The summed E-state index contributed by atoms with van der Waals surface area (Å²) in [5.74, 6) is 1.24. The maximum atomic E-state index is 12.7. The molecule has 34 heavy (non-hydrogen) atoms. The number of methoxy groups -OCH3 is 1. The molecule has 0 saturated heterocycles. The molecule has 0 heterocycles. The number of amides is 1. The van der Waals surface area contributed by atoms with Crippen LogP contribution in [0.25, 0.3) is 6.08 Å². The number of hydrogen-bond acceptors (Lipinski definition) is 5. The van der Waals surface area contributed by atoms with Crippen molar-refractivity contribution in [2.24, 2.45) is 0 Å². The maximum absolute atomic E-state index is 12.7. The van der Waals surface area contributed by atoms with Gasteiger partial charge in [-0.25, -0.2) is 0 Å². The average Bonchev–Trinajstić information content (AvgIpc) is 2.82. The normalized spacial score (nSPS) is 10.9. The van der Waals surface area contributed by atoms with E-state index in [4.69, 9.17) is 14.2 Å². The van der Waals surface area contributed by atoms with Crippen molar-refractivity contribution in [1.82, 2.24) is 0 Å². The van der Waals surface area contributed by atoms with Gasteiger partial charge in [0.05, 0.1) is 18.2 Å². The quantitative estimate of drug-likeness (QED) is 0.265. The second-order valence-corrected chi connectivity index (χ2v) is 8.25. The van der Waals surface area contributed by atoms with Crippen LogP contribution in [0.5, 0.6) is 17.2 Å². The fourth-order valence-electron chi connectivity index (χ4n) is 3.22. The number of anilines is 1. The second-order valence-electron chi connectivity index (χ2n) is 7.39. The summed E-state index contributed by atoms with van der Waals surface area (Å²) in [6.07, 6.45) is 1.51. The molecule has 1 amide bonds. The van der Waals surface area contributed by atoms with E-state index in [0.717, 1.165) is 11.1 Å². The summed E-state index contributed by atoms with van der Waals surface area (Å²) in [6.45, 7) is 4.72. The highest BCUT2D eigenvalue weighted by atomic mass is 79.9. The number of ether oxygens (including phenoxy) is 3. The summed E-state index contributed by atoms with van der Waals surface area (Å²) in [5.41, 5.74) is 3.34.